The van der Waals surface area contributed by atoms with E-state index in [9.17, 15) is 4.79 Å². The van der Waals surface area contributed by atoms with Crippen molar-refractivity contribution < 1.29 is 19.1 Å². The van der Waals surface area contributed by atoms with Gasteiger partial charge in [0.25, 0.3) is 0 Å². The second kappa shape index (κ2) is 4.47. The molecule has 1 aromatic heterocycles. The number of carbonyl (C=O) groups is 1. The van der Waals surface area contributed by atoms with Gasteiger partial charge in [0, 0.05) is 0 Å². The first-order valence-electron chi connectivity index (χ1n) is 3.74. The molecule has 13 heavy (non-hydrogen) atoms. The summed E-state index contributed by atoms with van der Waals surface area (Å²) >= 11 is 0. The average Bonchev–Trinajstić information content (AvgIpc) is 2.53. The first-order valence-corrected chi connectivity index (χ1v) is 3.74. The summed E-state index contributed by atoms with van der Waals surface area (Å²) in [6.07, 6.45) is 1.61. The molecule has 1 rings (SSSR count). The van der Waals surface area contributed by atoms with Crippen LogP contribution in [0.4, 0.5) is 0 Å². The number of furan rings is 1. The van der Waals surface area contributed by atoms with Crippen LogP contribution in [-0.4, -0.2) is 17.7 Å². The Morgan fingerprint density at radius 1 is 1.69 bits per heavy atom. The Balaban J connectivity index is 2.49. The second-order valence-electron chi connectivity index (χ2n) is 2.37. The molecule has 0 aliphatic carbocycles. The minimum absolute atomic E-state index is 0.0720. The second-order valence-corrected chi connectivity index (χ2v) is 2.37. The minimum atomic E-state index is -1.07. The van der Waals surface area contributed by atoms with E-state index in [0.717, 1.165) is 0 Å². The topological polar surface area (TPSA) is 59.7 Å². The van der Waals surface area contributed by atoms with Crippen molar-refractivity contribution in [3.63, 3.8) is 0 Å². The molecule has 1 heterocycles. The molecule has 1 aromatic rings. The fourth-order valence-corrected chi connectivity index (χ4v) is 0.813. The van der Waals surface area contributed by atoms with Crippen LogP contribution in [0.1, 0.15) is 16.3 Å². The Kier molecular flexibility index (Phi) is 3.28. The van der Waals surface area contributed by atoms with E-state index in [1.807, 2.05) is 0 Å². The van der Waals surface area contributed by atoms with Crippen LogP contribution in [-0.2, 0) is 11.3 Å². The van der Waals surface area contributed by atoms with Crippen molar-refractivity contribution in [2.75, 3.05) is 6.61 Å². The van der Waals surface area contributed by atoms with Crippen LogP contribution in [0.5, 0.6) is 0 Å². The van der Waals surface area contributed by atoms with E-state index in [0.29, 0.717) is 12.4 Å². The van der Waals surface area contributed by atoms with Crippen molar-refractivity contribution in [2.24, 2.45) is 0 Å². The van der Waals surface area contributed by atoms with Gasteiger partial charge in [-0.3, -0.25) is 0 Å². The summed E-state index contributed by atoms with van der Waals surface area (Å²) in [7, 11) is 0. The third kappa shape index (κ3) is 2.76. The maximum absolute atomic E-state index is 10.4. The van der Waals surface area contributed by atoms with Gasteiger partial charge in [-0.05, 0) is 12.1 Å². The molecule has 0 saturated heterocycles. The minimum Gasteiger partial charge on any atom is -0.475 e. The Hall–Kier alpha value is -1.55. The molecule has 0 aliphatic rings. The highest BCUT2D eigenvalue weighted by Crippen LogP contribution is 2.08. The van der Waals surface area contributed by atoms with Gasteiger partial charge in [-0.2, -0.15) is 0 Å². The smallest absolute Gasteiger partial charge is 0.371 e. The third-order valence-corrected chi connectivity index (χ3v) is 1.35. The van der Waals surface area contributed by atoms with Crippen LogP contribution in [0.15, 0.2) is 29.2 Å². The van der Waals surface area contributed by atoms with Crippen molar-refractivity contribution in [3.05, 3.63) is 36.3 Å². The van der Waals surface area contributed by atoms with Gasteiger partial charge in [-0.25, -0.2) is 4.79 Å². The lowest BCUT2D eigenvalue weighted by atomic mass is 10.4. The van der Waals surface area contributed by atoms with E-state index in [2.05, 4.69) is 6.58 Å². The zero-order valence-corrected chi connectivity index (χ0v) is 7.03. The fourth-order valence-electron chi connectivity index (χ4n) is 0.813. The molecule has 4 heteroatoms. The van der Waals surface area contributed by atoms with Gasteiger partial charge < -0.3 is 14.3 Å². The van der Waals surface area contributed by atoms with Gasteiger partial charge in [-0.15, -0.1) is 6.58 Å². The molecule has 0 aromatic carbocycles. The quantitative estimate of drug-likeness (QED) is 0.556. The number of hydrogen-bond acceptors (Lipinski definition) is 3. The van der Waals surface area contributed by atoms with Crippen LogP contribution in [0.3, 0.4) is 0 Å². The first-order chi connectivity index (χ1) is 6.24. The van der Waals surface area contributed by atoms with Crippen LogP contribution in [0.25, 0.3) is 0 Å². The largest absolute Gasteiger partial charge is 0.475 e. The van der Waals surface area contributed by atoms with Crippen LogP contribution in [0.2, 0.25) is 0 Å². The van der Waals surface area contributed by atoms with Crippen LogP contribution >= 0.6 is 0 Å². The summed E-state index contributed by atoms with van der Waals surface area (Å²) < 4.78 is 9.99. The highest BCUT2D eigenvalue weighted by molar-refractivity contribution is 5.84. The molecule has 70 valence electrons. The zero-order valence-electron chi connectivity index (χ0n) is 7.03. The fraction of sp³-hybridized carbons (Fsp3) is 0.222. The number of hydrogen-bond donors (Lipinski definition) is 1. The maximum Gasteiger partial charge on any atom is 0.371 e. The molecule has 0 spiro atoms. The Bertz CT molecular complexity index is 300. The summed E-state index contributed by atoms with van der Waals surface area (Å²) in [5.74, 6) is -0.647. The van der Waals surface area contributed by atoms with E-state index in [1.54, 1.807) is 12.1 Å². The molecule has 0 aliphatic heterocycles. The van der Waals surface area contributed by atoms with Crippen molar-refractivity contribution >= 4 is 5.97 Å². The molecule has 0 fully saturated rings. The van der Waals surface area contributed by atoms with E-state index >= 15 is 0 Å². The lowest BCUT2D eigenvalue weighted by Gasteiger charge is -1.95. The molecule has 0 bridgehead atoms. The normalized spacial score (nSPS) is 9.85. The molecule has 0 saturated carbocycles. The van der Waals surface area contributed by atoms with Gasteiger partial charge in [-0.1, -0.05) is 6.08 Å². The molecule has 0 atom stereocenters. The van der Waals surface area contributed by atoms with Crippen molar-refractivity contribution in [2.45, 2.75) is 6.61 Å². The average molecular weight is 182 g/mol. The Labute approximate surface area is 75.4 Å². The van der Waals surface area contributed by atoms with Gasteiger partial charge in [0.1, 0.15) is 12.4 Å². The summed E-state index contributed by atoms with van der Waals surface area (Å²) in [4.78, 5) is 10.4. The number of aromatic carboxylic acids is 1. The highest BCUT2D eigenvalue weighted by atomic mass is 16.5. The summed E-state index contributed by atoms with van der Waals surface area (Å²) in [5, 5.41) is 8.52. The van der Waals surface area contributed by atoms with Crippen molar-refractivity contribution in [1.82, 2.24) is 0 Å². The Morgan fingerprint density at radius 2 is 2.46 bits per heavy atom. The lowest BCUT2D eigenvalue weighted by Crippen LogP contribution is -1.93. The van der Waals surface area contributed by atoms with Gasteiger partial charge >= 0.3 is 5.97 Å². The number of carboxylic acid groups (broad SMARTS) is 1. The maximum atomic E-state index is 10.4. The number of carboxylic acids is 1. The van der Waals surface area contributed by atoms with E-state index in [1.165, 1.54) is 6.07 Å². The van der Waals surface area contributed by atoms with Gasteiger partial charge in [0.15, 0.2) is 0 Å². The van der Waals surface area contributed by atoms with Gasteiger partial charge in [0.2, 0.25) is 5.76 Å². The zero-order chi connectivity index (χ0) is 9.68. The molecule has 1 N–H and O–H groups in total. The molecular weight excluding hydrogens is 172 g/mol. The molecular formula is C9H10O4. The molecule has 0 radical (unpaired) electrons. The van der Waals surface area contributed by atoms with Gasteiger partial charge in [0.05, 0.1) is 6.61 Å². The van der Waals surface area contributed by atoms with Crippen LogP contribution < -0.4 is 0 Å². The predicted octanol–water partition coefficient (Wildman–Crippen LogP) is 1.68. The lowest BCUT2D eigenvalue weighted by molar-refractivity contribution is 0.0652. The molecule has 0 unspecified atom stereocenters. The summed E-state index contributed by atoms with van der Waals surface area (Å²) in [5.41, 5.74) is 0. The van der Waals surface area contributed by atoms with Crippen molar-refractivity contribution in [3.8, 4) is 0 Å². The number of ether oxygens (including phenoxy) is 1. The SMILES string of the molecule is C=CCOCc1ccc(C(=O)O)o1. The van der Waals surface area contributed by atoms with Crippen molar-refractivity contribution in [1.29, 1.82) is 0 Å². The predicted molar refractivity (Wildman–Crippen MR) is 45.5 cm³/mol. The van der Waals surface area contributed by atoms with E-state index in [-0.39, 0.29) is 12.4 Å². The third-order valence-electron chi connectivity index (χ3n) is 1.35. The number of rotatable bonds is 5. The summed E-state index contributed by atoms with van der Waals surface area (Å²) in [6.45, 7) is 4.16. The monoisotopic (exact) mass is 182 g/mol. The summed E-state index contributed by atoms with van der Waals surface area (Å²) in [6, 6.07) is 2.97. The highest BCUT2D eigenvalue weighted by Gasteiger charge is 2.07. The molecule has 0 amide bonds. The van der Waals surface area contributed by atoms with E-state index in [4.69, 9.17) is 14.3 Å². The first kappa shape index (κ1) is 9.54. The Morgan fingerprint density at radius 3 is 3.00 bits per heavy atom. The standard InChI is InChI=1S/C9H10O4/c1-2-5-12-6-7-3-4-8(13-7)9(10)11/h2-4H,1,5-6H2,(H,10,11). The van der Waals surface area contributed by atoms with E-state index < -0.39 is 5.97 Å². The molecule has 4 nitrogen and oxygen atoms in total. The van der Waals surface area contributed by atoms with Crippen LogP contribution in [0, 0.1) is 0 Å².